The highest BCUT2D eigenvalue weighted by molar-refractivity contribution is 7.99. The number of aliphatic carboxylic acids is 1. The largest absolute Gasteiger partial charge is 0.481 e. The minimum Gasteiger partial charge on any atom is -0.481 e. The lowest BCUT2D eigenvalue weighted by molar-refractivity contribution is -0.147. The molecule has 2 aromatic heterocycles. The van der Waals surface area contributed by atoms with Gasteiger partial charge in [0.15, 0.2) is 4.96 Å². The first-order valence-corrected chi connectivity index (χ1v) is 9.37. The zero-order chi connectivity index (χ0) is 17.7. The monoisotopic (exact) mass is 369 g/mol. The van der Waals surface area contributed by atoms with E-state index in [-0.39, 0.29) is 17.2 Å². The molecule has 2 N–H and O–H groups in total. The summed E-state index contributed by atoms with van der Waals surface area (Å²) in [6, 6.07) is 1.47. The average Bonchev–Trinajstić information content (AvgIpc) is 2.96. The molecule has 0 spiro atoms. The molecule has 0 aliphatic heterocycles. The highest BCUT2D eigenvalue weighted by Crippen LogP contribution is 2.19. The van der Waals surface area contributed by atoms with Crippen LogP contribution in [-0.4, -0.2) is 38.7 Å². The van der Waals surface area contributed by atoms with Gasteiger partial charge in [-0.25, -0.2) is 4.98 Å². The summed E-state index contributed by atoms with van der Waals surface area (Å²) in [5.74, 6) is -0.334. The van der Waals surface area contributed by atoms with E-state index in [2.05, 4.69) is 10.3 Å². The number of hydrogen-bond acceptors (Lipinski definition) is 6. The van der Waals surface area contributed by atoms with Gasteiger partial charge in [0, 0.05) is 29.9 Å². The molecule has 0 bridgehead atoms. The fourth-order valence-electron chi connectivity index (χ4n) is 1.88. The van der Waals surface area contributed by atoms with Crippen LogP contribution in [0.4, 0.5) is 0 Å². The van der Waals surface area contributed by atoms with Crippen molar-refractivity contribution in [1.82, 2.24) is 14.7 Å². The Morgan fingerprint density at radius 3 is 2.92 bits per heavy atom. The van der Waals surface area contributed by atoms with Crippen molar-refractivity contribution in [2.75, 3.05) is 12.3 Å². The van der Waals surface area contributed by atoms with Gasteiger partial charge in [-0.15, -0.1) is 23.1 Å². The Kier molecular flexibility index (Phi) is 6.00. The van der Waals surface area contributed by atoms with Gasteiger partial charge in [-0.3, -0.25) is 18.8 Å². The molecule has 7 nitrogen and oxygen atoms in total. The molecule has 0 fully saturated rings. The number of thioether (sulfide) groups is 1. The van der Waals surface area contributed by atoms with Gasteiger partial charge in [0.25, 0.3) is 5.56 Å². The Balaban J connectivity index is 1.76. The van der Waals surface area contributed by atoms with Crippen molar-refractivity contribution in [3.8, 4) is 0 Å². The van der Waals surface area contributed by atoms with Gasteiger partial charge >= 0.3 is 5.97 Å². The zero-order valence-electron chi connectivity index (χ0n) is 13.4. The number of hydrogen-bond donors (Lipinski definition) is 2. The third-order valence-electron chi connectivity index (χ3n) is 3.49. The van der Waals surface area contributed by atoms with Crippen molar-refractivity contribution in [3.05, 3.63) is 33.7 Å². The number of aromatic nitrogens is 2. The highest BCUT2D eigenvalue weighted by atomic mass is 32.2. The lowest BCUT2D eigenvalue weighted by atomic mass is 9.90. The van der Waals surface area contributed by atoms with Gasteiger partial charge in [0.05, 0.1) is 16.9 Å². The molecule has 0 radical (unpaired) electrons. The number of nitrogens with one attached hydrogen (secondary N) is 1. The molecule has 130 valence electrons. The molecule has 0 saturated carbocycles. The molecule has 0 atom stereocenters. The Morgan fingerprint density at radius 1 is 1.46 bits per heavy atom. The van der Waals surface area contributed by atoms with Crippen molar-refractivity contribution >= 4 is 39.9 Å². The Bertz CT molecular complexity index is 797. The van der Waals surface area contributed by atoms with Crippen LogP contribution < -0.4 is 10.9 Å². The Hall–Kier alpha value is -1.87. The number of carboxylic acids is 1. The fraction of sp³-hybridized carbons (Fsp3) is 0.467. The quantitative estimate of drug-likeness (QED) is 0.733. The molecule has 0 unspecified atom stereocenters. The molecule has 2 aromatic rings. The molecular formula is C15H19N3O4S2. The van der Waals surface area contributed by atoms with Crippen LogP contribution in [0.5, 0.6) is 0 Å². The van der Waals surface area contributed by atoms with Crippen molar-refractivity contribution < 1.29 is 14.7 Å². The van der Waals surface area contributed by atoms with E-state index in [1.54, 1.807) is 25.4 Å². The number of amides is 1. The van der Waals surface area contributed by atoms with E-state index in [4.69, 9.17) is 5.11 Å². The summed E-state index contributed by atoms with van der Waals surface area (Å²) < 4.78 is 1.48. The summed E-state index contributed by atoms with van der Waals surface area (Å²) in [5.41, 5.74) is -0.340. The summed E-state index contributed by atoms with van der Waals surface area (Å²) in [7, 11) is 0. The summed E-state index contributed by atoms with van der Waals surface area (Å²) in [5, 5.41) is 13.5. The molecule has 2 rings (SSSR count). The zero-order valence-corrected chi connectivity index (χ0v) is 15.1. The molecule has 2 heterocycles. The maximum absolute atomic E-state index is 11.8. The third-order valence-corrected chi connectivity index (χ3v) is 5.21. The van der Waals surface area contributed by atoms with Crippen molar-refractivity contribution in [2.24, 2.45) is 5.41 Å². The van der Waals surface area contributed by atoms with Crippen LogP contribution in [0.2, 0.25) is 0 Å². The molecular weight excluding hydrogens is 350 g/mol. The molecule has 0 aliphatic carbocycles. The van der Waals surface area contributed by atoms with Crippen LogP contribution in [-0.2, 0) is 15.3 Å². The number of thiazole rings is 1. The number of nitrogens with zero attached hydrogens (tertiary/aromatic N) is 2. The van der Waals surface area contributed by atoms with E-state index in [0.717, 1.165) is 0 Å². The minimum atomic E-state index is -0.882. The molecule has 0 aliphatic rings. The van der Waals surface area contributed by atoms with Crippen molar-refractivity contribution in [3.63, 3.8) is 0 Å². The maximum Gasteiger partial charge on any atom is 0.309 e. The normalized spacial score (nSPS) is 11.6. The Morgan fingerprint density at radius 2 is 2.21 bits per heavy atom. The van der Waals surface area contributed by atoms with Crippen LogP contribution in [0.3, 0.4) is 0 Å². The predicted molar refractivity (Wildman–Crippen MR) is 94.5 cm³/mol. The van der Waals surface area contributed by atoms with Crippen LogP contribution in [0.15, 0.2) is 22.4 Å². The van der Waals surface area contributed by atoms with Gasteiger partial charge < -0.3 is 10.4 Å². The fourth-order valence-corrected chi connectivity index (χ4v) is 3.37. The summed E-state index contributed by atoms with van der Waals surface area (Å²) >= 11 is 2.75. The van der Waals surface area contributed by atoms with E-state index in [1.807, 2.05) is 0 Å². The van der Waals surface area contributed by atoms with Crippen molar-refractivity contribution in [1.29, 1.82) is 0 Å². The topological polar surface area (TPSA) is 101 Å². The van der Waals surface area contributed by atoms with E-state index in [0.29, 0.717) is 29.4 Å². The lowest BCUT2D eigenvalue weighted by Crippen LogP contribution is -2.32. The van der Waals surface area contributed by atoms with Gasteiger partial charge in [0.1, 0.15) is 0 Å². The first-order valence-electron chi connectivity index (χ1n) is 7.33. The highest BCUT2D eigenvalue weighted by Gasteiger charge is 2.26. The van der Waals surface area contributed by atoms with Gasteiger partial charge in [0.2, 0.25) is 5.91 Å². The van der Waals surface area contributed by atoms with Crippen molar-refractivity contribution in [2.45, 2.75) is 26.0 Å². The maximum atomic E-state index is 11.8. The van der Waals surface area contributed by atoms with E-state index < -0.39 is 11.4 Å². The second-order valence-electron chi connectivity index (χ2n) is 5.92. The van der Waals surface area contributed by atoms with Crippen LogP contribution >= 0.6 is 23.1 Å². The number of carbonyl (C=O) groups is 2. The van der Waals surface area contributed by atoms with E-state index >= 15 is 0 Å². The van der Waals surface area contributed by atoms with Gasteiger partial charge in [-0.1, -0.05) is 0 Å². The van der Waals surface area contributed by atoms with E-state index in [1.165, 1.54) is 33.6 Å². The van der Waals surface area contributed by atoms with Gasteiger partial charge in [-0.2, -0.15) is 0 Å². The van der Waals surface area contributed by atoms with Crippen LogP contribution in [0, 0.1) is 5.41 Å². The van der Waals surface area contributed by atoms with E-state index in [9.17, 15) is 14.4 Å². The van der Waals surface area contributed by atoms with Crippen LogP contribution in [0.1, 0.15) is 26.0 Å². The third kappa shape index (κ3) is 4.81. The number of carboxylic acid groups (broad SMARTS) is 1. The smallest absolute Gasteiger partial charge is 0.309 e. The van der Waals surface area contributed by atoms with Crippen LogP contribution in [0.25, 0.3) is 4.96 Å². The molecule has 1 amide bonds. The Labute approximate surface area is 147 Å². The standard InChI is InChI=1S/C15H19N3O4S2/c1-15(2,13(21)22)3-4-16-11(19)9-23-8-10-7-12(20)18-5-6-24-14(18)17-10/h5-7H,3-4,8-9H2,1-2H3,(H,16,19)(H,21,22). The first kappa shape index (κ1) is 18.5. The number of carbonyl (C=O) groups excluding carboxylic acids is 1. The number of rotatable bonds is 8. The van der Waals surface area contributed by atoms with Gasteiger partial charge in [-0.05, 0) is 20.3 Å². The summed E-state index contributed by atoms with van der Waals surface area (Å²) in [6.45, 7) is 3.57. The second-order valence-corrected chi connectivity index (χ2v) is 7.78. The average molecular weight is 369 g/mol. The molecule has 24 heavy (non-hydrogen) atoms. The molecule has 9 heteroatoms. The predicted octanol–water partition coefficient (Wildman–Crippen LogP) is 1.61. The summed E-state index contributed by atoms with van der Waals surface area (Å²) in [6.07, 6.45) is 2.05. The lowest BCUT2D eigenvalue weighted by Gasteiger charge is -2.18. The molecule has 0 aromatic carbocycles. The summed E-state index contributed by atoms with van der Waals surface area (Å²) in [4.78, 5) is 39.6. The second kappa shape index (κ2) is 7.80. The molecule has 0 saturated heterocycles. The first-order chi connectivity index (χ1) is 11.3. The SMILES string of the molecule is CC(C)(CCNC(=O)CSCc1cc(=O)n2ccsc2n1)C(=O)O. The minimum absolute atomic E-state index is 0.128. The number of fused-ring (bicyclic) bond motifs is 1.